The first-order valence-electron chi connectivity index (χ1n) is 4.32. The van der Waals surface area contributed by atoms with Crippen LogP contribution in [0.1, 0.15) is 11.5 Å². The molecule has 2 aromatic rings. The van der Waals surface area contributed by atoms with Crippen LogP contribution in [0.25, 0.3) is 0 Å². The van der Waals surface area contributed by atoms with Gasteiger partial charge in [0, 0.05) is 25.6 Å². The molecule has 2 heterocycles. The summed E-state index contributed by atoms with van der Waals surface area (Å²) in [6.45, 7) is 0.714. The van der Waals surface area contributed by atoms with Crippen molar-refractivity contribution in [1.29, 1.82) is 0 Å². The van der Waals surface area contributed by atoms with Gasteiger partial charge >= 0.3 is 0 Å². The summed E-state index contributed by atoms with van der Waals surface area (Å²) in [5.41, 5.74) is 1.01. The van der Waals surface area contributed by atoms with Crippen LogP contribution in [0.2, 0.25) is 0 Å². The third kappa shape index (κ3) is 1.65. The Hall–Kier alpha value is -1.29. The predicted octanol–water partition coefficient (Wildman–Crippen LogP) is 1.40. The van der Waals surface area contributed by atoms with Crippen molar-refractivity contribution in [3.05, 3.63) is 36.4 Å². The van der Waals surface area contributed by atoms with E-state index < -0.39 is 0 Å². The lowest BCUT2D eigenvalue weighted by Crippen LogP contribution is -2.06. The average molecular weight is 211 g/mol. The molecule has 0 aliphatic rings. The molecule has 74 valence electrons. The van der Waals surface area contributed by atoms with Gasteiger partial charge < -0.3 is 9.13 Å². The molecule has 0 bridgehead atoms. The third-order valence-corrected chi connectivity index (χ3v) is 2.44. The smallest absolute Gasteiger partial charge is 0.128 e. The predicted molar refractivity (Wildman–Crippen MR) is 54.1 cm³/mol. The Morgan fingerprint density at radius 2 is 2.36 bits per heavy atom. The monoisotopic (exact) mass is 210 g/mol. The molecule has 14 heavy (non-hydrogen) atoms. The second-order valence-electron chi connectivity index (χ2n) is 3.10. The summed E-state index contributed by atoms with van der Waals surface area (Å²) >= 11 is 5.77. The highest BCUT2D eigenvalue weighted by Gasteiger charge is 2.04. The molecule has 0 amide bonds. The van der Waals surface area contributed by atoms with Crippen LogP contribution in [0.3, 0.4) is 0 Å². The van der Waals surface area contributed by atoms with E-state index in [0.717, 1.165) is 11.5 Å². The first kappa shape index (κ1) is 9.27. The molecule has 0 radical (unpaired) electrons. The number of alkyl halides is 1. The van der Waals surface area contributed by atoms with Gasteiger partial charge in [-0.15, -0.1) is 11.6 Å². The summed E-state index contributed by atoms with van der Waals surface area (Å²) in [4.78, 5) is 8.28. The number of hydrogen-bond donors (Lipinski definition) is 0. The average Bonchev–Trinajstić information content (AvgIpc) is 2.77. The molecule has 0 atom stereocenters. The quantitative estimate of drug-likeness (QED) is 0.718. The van der Waals surface area contributed by atoms with Crippen molar-refractivity contribution < 1.29 is 0 Å². The molecule has 0 aromatic carbocycles. The van der Waals surface area contributed by atoms with E-state index in [4.69, 9.17) is 11.6 Å². The summed E-state index contributed by atoms with van der Waals surface area (Å²) in [7, 11) is 1.97. The van der Waals surface area contributed by atoms with Crippen LogP contribution >= 0.6 is 11.6 Å². The molecule has 2 rings (SSSR count). The van der Waals surface area contributed by atoms with Gasteiger partial charge in [0.1, 0.15) is 5.82 Å². The fourth-order valence-corrected chi connectivity index (χ4v) is 1.53. The molecule has 0 spiro atoms. The second kappa shape index (κ2) is 3.84. The van der Waals surface area contributed by atoms with E-state index in [2.05, 4.69) is 9.97 Å². The van der Waals surface area contributed by atoms with Gasteiger partial charge in [-0.3, -0.25) is 0 Å². The molecular weight excluding hydrogens is 200 g/mol. The number of halogens is 1. The van der Waals surface area contributed by atoms with Gasteiger partial charge in [0.05, 0.1) is 24.4 Å². The third-order valence-electron chi connectivity index (χ3n) is 2.17. The van der Waals surface area contributed by atoms with Gasteiger partial charge in [-0.05, 0) is 0 Å². The fraction of sp³-hybridized carbons (Fsp3) is 0.333. The number of hydrogen-bond acceptors (Lipinski definition) is 2. The van der Waals surface area contributed by atoms with Gasteiger partial charge in [-0.25, -0.2) is 9.97 Å². The standard InChI is InChI=1S/C9H11ClN4/c1-13-3-2-12-9(13)6-14-7-11-5-8(14)4-10/h2-3,5,7H,4,6H2,1H3. The zero-order valence-electron chi connectivity index (χ0n) is 7.89. The van der Waals surface area contributed by atoms with Crippen molar-refractivity contribution >= 4 is 11.6 Å². The van der Waals surface area contributed by atoms with Crippen LogP contribution in [0.15, 0.2) is 24.9 Å². The van der Waals surface area contributed by atoms with Gasteiger partial charge in [-0.1, -0.05) is 0 Å². The molecule has 5 heteroatoms. The van der Waals surface area contributed by atoms with Gasteiger partial charge in [0.25, 0.3) is 0 Å². The second-order valence-corrected chi connectivity index (χ2v) is 3.37. The summed E-state index contributed by atoms with van der Waals surface area (Å²) < 4.78 is 3.98. The summed E-state index contributed by atoms with van der Waals surface area (Å²) in [5.74, 6) is 1.47. The summed E-state index contributed by atoms with van der Waals surface area (Å²) in [5, 5.41) is 0. The van der Waals surface area contributed by atoms with E-state index in [1.165, 1.54) is 0 Å². The number of imidazole rings is 2. The molecule has 0 saturated carbocycles. The van der Waals surface area contributed by atoms with Crippen LogP contribution in [0.4, 0.5) is 0 Å². The normalized spacial score (nSPS) is 10.7. The molecule has 0 aliphatic carbocycles. The molecule has 0 fully saturated rings. The Morgan fingerprint density at radius 1 is 1.50 bits per heavy atom. The molecule has 0 aliphatic heterocycles. The SMILES string of the molecule is Cn1ccnc1Cn1cncc1CCl. The Balaban J connectivity index is 2.22. The minimum atomic E-state index is 0.477. The Bertz CT molecular complexity index is 418. The van der Waals surface area contributed by atoms with E-state index in [1.807, 2.05) is 22.4 Å². The zero-order chi connectivity index (χ0) is 9.97. The van der Waals surface area contributed by atoms with E-state index >= 15 is 0 Å². The number of nitrogens with zero attached hydrogens (tertiary/aromatic N) is 4. The summed E-state index contributed by atoms with van der Waals surface area (Å²) in [6, 6.07) is 0. The van der Waals surface area contributed by atoms with Crippen LogP contribution < -0.4 is 0 Å². The highest BCUT2D eigenvalue weighted by molar-refractivity contribution is 6.16. The van der Waals surface area contributed by atoms with Crippen molar-refractivity contribution in [3.8, 4) is 0 Å². The van der Waals surface area contributed by atoms with Crippen molar-refractivity contribution in [3.63, 3.8) is 0 Å². The number of aromatic nitrogens is 4. The number of aryl methyl sites for hydroxylation is 1. The van der Waals surface area contributed by atoms with Crippen molar-refractivity contribution in [2.45, 2.75) is 12.4 Å². The van der Waals surface area contributed by atoms with Crippen LogP contribution in [-0.2, 0) is 19.5 Å². The van der Waals surface area contributed by atoms with Crippen LogP contribution in [-0.4, -0.2) is 19.1 Å². The molecule has 0 N–H and O–H groups in total. The number of rotatable bonds is 3. The highest BCUT2D eigenvalue weighted by Crippen LogP contribution is 2.06. The lowest BCUT2D eigenvalue weighted by molar-refractivity contribution is 0.682. The van der Waals surface area contributed by atoms with E-state index in [1.54, 1.807) is 18.7 Å². The molecule has 0 saturated heterocycles. The maximum absolute atomic E-state index is 5.77. The van der Waals surface area contributed by atoms with Crippen LogP contribution in [0, 0.1) is 0 Å². The molecule has 4 nitrogen and oxygen atoms in total. The topological polar surface area (TPSA) is 35.6 Å². The first-order chi connectivity index (χ1) is 6.81. The van der Waals surface area contributed by atoms with Crippen molar-refractivity contribution in [2.24, 2.45) is 7.05 Å². The molecular formula is C9H11ClN4. The van der Waals surface area contributed by atoms with Gasteiger partial charge in [0.2, 0.25) is 0 Å². The molecule has 2 aromatic heterocycles. The fourth-order valence-electron chi connectivity index (χ4n) is 1.30. The minimum absolute atomic E-state index is 0.477. The maximum atomic E-state index is 5.77. The summed E-state index contributed by atoms with van der Waals surface area (Å²) in [6.07, 6.45) is 7.25. The Labute approximate surface area is 87.2 Å². The van der Waals surface area contributed by atoms with Crippen molar-refractivity contribution in [1.82, 2.24) is 19.1 Å². The largest absolute Gasteiger partial charge is 0.337 e. The van der Waals surface area contributed by atoms with Gasteiger partial charge in [-0.2, -0.15) is 0 Å². The lowest BCUT2D eigenvalue weighted by Gasteiger charge is -2.05. The Morgan fingerprint density at radius 3 is 3.00 bits per heavy atom. The minimum Gasteiger partial charge on any atom is -0.337 e. The first-order valence-corrected chi connectivity index (χ1v) is 4.86. The van der Waals surface area contributed by atoms with E-state index in [-0.39, 0.29) is 0 Å². The van der Waals surface area contributed by atoms with E-state index in [0.29, 0.717) is 12.4 Å². The zero-order valence-corrected chi connectivity index (χ0v) is 8.65. The maximum Gasteiger partial charge on any atom is 0.128 e. The van der Waals surface area contributed by atoms with Crippen molar-refractivity contribution in [2.75, 3.05) is 0 Å². The lowest BCUT2D eigenvalue weighted by atomic mass is 10.5. The Kier molecular flexibility index (Phi) is 2.54. The van der Waals surface area contributed by atoms with Crippen LogP contribution in [0.5, 0.6) is 0 Å². The highest BCUT2D eigenvalue weighted by atomic mass is 35.5. The van der Waals surface area contributed by atoms with E-state index in [9.17, 15) is 0 Å². The molecule has 0 unspecified atom stereocenters. The van der Waals surface area contributed by atoms with Gasteiger partial charge in [0.15, 0.2) is 0 Å².